The van der Waals surface area contributed by atoms with Crippen LogP contribution in [0.25, 0.3) is 11.6 Å². The fraction of sp³-hybridized carbons (Fsp3) is 0.0714. The Bertz CT molecular complexity index is 532. The second-order valence-electron chi connectivity index (χ2n) is 3.91. The minimum absolute atomic E-state index is 1.23. The molecule has 1 nitrogen and oxygen atoms in total. The molecule has 1 aromatic heterocycles. The van der Waals surface area contributed by atoms with Gasteiger partial charge in [-0.15, -0.1) is 0 Å². The molecule has 0 bridgehead atoms. The van der Waals surface area contributed by atoms with Gasteiger partial charge in [-0.3, -0.25) is 0 Å². The molecule has 1 N–H and O–H groups in total. The Morgan fingerprint density at radius 3 is 2.47 bits per heavy atom. The van der Waals surface area contributed by atoms with Gasteiger partial charge in [-0.1, -0.05) is 24.3 Å². The Balaban J connectivity index is 2.05. The zero-order valence-corrected chi connectivity index (χ0v) is 8.62. The summed E-state index contributed by atoms with van der Waals surface area (Å²) in [6.45, 7) is 2.13. The minimum Gasteiger partial charge on any atom is -0.361 e. The van der Waals surface area contributed by atoms with Crippen LogP contribution < -0.4 is 0 Å². The summed E-state index contributed by atoms with van der Waals surface area (Å²) in [6, 6.07) is 10.6. The summed E-state index contributed by atoms with van der Waals surface area (Å²) < 4.78 is 0. The van der Waals surface area contributed by atoms with E-state index >= 15 is 0 Å². The smallest absolute Gasteiger partial charge is 0.0449 e. The molecule has 3 rings (SSSR count). The highest BCUT2D eigenvalue weighted by molar-refractivity contribution is 5.94. The quantitative estimate of drug-likeness (QED) is 0.715. The SMILES string of the molecule is Cc1cc[nH]c1C1=Cc2ccccc2[CH]1. The lowest BCUT2D eigenvalue weighted by molar-refractivity contribution is 1.32. The Kier molecular flexibility index (Phi) is 1.78. The van der Waals surface area contributed by atoms with Crippen LogP contribution in [-0.2, 0) is 0 Å². The Hall–Kier alpha value is -1.76. The molecule has 0 atom stereocenters. The van der Waals surface area contributed by atoms with Crippen molar-refractivity contribution in [1.29, 1.82) is 0 Å². The molecule has 15 heavy (non-hydrogen) atoms. The number of aromatic nitrogens is 1. The van der Waals surface area contributed by atoms with E-state index < -0.39 is 0 Å². The highest BCUT2D eigenvalue weighted by atomic mass is 14.7. The molecular weight excluding hydrogens is 182 g/mol. The molecule has 0 spiro atoms. The monoisotopic (exact) mass is 194 g/mol. The fourth-order valence-corrected chi connectivity index (χ4v) is 2.05. The number of benzene rings is 1. The van der Waals surface area contributed by atoms with Gasteiger partial charge in [-0.25, -0.2) is 0 Å². The lowest BCUT2D eigenvalue weighted by atomic mass is 10.1. The van der Waals surface area contributed by atoms with Gasteiger partial charge >= 0.3 is 0 Å². The molecule has 2 aromatic rings. The maximum atomic E-state index is 3.28. The highest BCUT2D eigenvalue weighted by Crippen LogP contribution is 2.33. The van der Waals surface area contributed by atoms with E-state index in [1.807, 2.05) is 6.20 Å². The fourth-order valence-electron chi connectivity index (χ4n) is 2.05. The molecule has 1 aliphatic rings. The number of aryl methyl sites for hydroxylation is 1. The normalized spacial score (nSPS) is 13.8. The van der Waals surface area contributed by atoms with E-state index in [0.717, 1.165) is 0 Å². The van der Waals surface area contributed by atoms with Crippen LogP contribution in [0.5, 0.6) is 0 Å². The molecule has 1 radical (unpaired) electrons. The van der Waals surface area contributed by atoms with Crippen LogP contribution >= 0.6 is 0 Å². The average Bonchev–Trinajstić information content (AvgIpc) is 2.82. The summed E-state index contributed by atoms with van der Waals surface area (Å²) in [5.74, 6) is 0. The van der Waals surface area contributed by atoms with Gasteiger partial charge in [-0.05, 0) is 41.3 Å². The average molecular weight is 194 g/mol. The number of fused-ring (bicyclic) bond motifs is 1. The lowest BCUT2D eigenvalue weighted by Crippen LogP contribution is -1.85. The third-order valence-corrected chi connectivity index (χ3v) is 2.86. The van der Waals surface area contributed by atoms with Crippen LogP contribution in [0.15, 0.2) is 36.5 Å². The Morgan fingerprint density at radius 2 is 1.80 bits per heavy atom. The molecule has 0 fully saturated rings. The van der Waals surface area contributed by atoms with Gasteiger partial charge in [0.05, 0.1) is 0 Å². The predicted molar refractivity (Wildman–Crippen MR) is 63.2 cm³/mol. The lowest BCUT2D eigenvalue weighted by Gasteiger charge is -2.00. The van der Waals surface area contributed by atoms with Crippen molar-refractivity contribution in [2.75, 3.05) is 0 Å². The summed E-state index contributed by atoms with van der Waals surface area (Å²) >= 11 is 0. The standard InChI is InChI=1S/C14H12N/c1-10-6-7-15-14(10)13-8-11-4-2-3-5-12(11)9-13/h2-9,15H,1H3. The van der Waals surface area contributed by atoms with E-state index in [1.54, 1.807) is 0 Å². The second kappa shape index (κ2) is 3.13. The van der Waals surface area contributed by atoms with Crippen molar-refractivity contribution in [3.8, 4) is 0 Å². The molecule has 73 valence electrons. The number of nitrogens with one attached hydrogen (secondary N) is 1. The summed E-state index contributed by atoms with van der Waals surface area (Å²) in [6.07, 6.45) is 6.45. The van der Waals surface area contributed by atoms with Crippen molar-refractivity contribution in [1.82, 2.24) is 4.98 Å². The number of hydrogen-bond donors (Lipinski definition) is 1. The molecule has 0 aliphatic heterocycles. The van der Waals surface area contributed by atoms with Crippen LogP contribution in [0.2, 0.25) is 0 Å². The first kappa shape index (κ1) is 8.54. The zero-order chi connectivity index (χ0) is 10.3. The summed E-state index contributed by atoms with van der Waals surface area (Å²) in [5.41, 5.74) is 6.42. The molecule has 1 heterocycles. The third-order valence-electron chi connectivity index (χ3n) is 2.86. The van der Waals surface area contributed by atoms with E-state index in [4.69, 9.17) is 0 Å². The molecule has 0 amide bonds. The van der Waals surface area contributed by atoms with Crippen LogP contribution in [0, 0.1) is 13.3 Å². The van der Waals surface area contributed by atoms with Crippen LogP contribution in [-0.4, -0.2) is 4.98 Å². The first-order chi connectivity index (χ1) is 7.34. The highest BCUT2D eigenvalue weighted by Gasteiger charge is 2.15. The zero-order valence-electron chi connectivity index (χ0n) is 8.62. The van der Waals surface area contributed by atoms with Crippen LogP contribution in [0.3, 0.4) is 0 Å². The molecule has 1 aliphatic carbocycles. The summed E-state index contributed by atoms with van der Waals surface area (Å²) in [7, 11) is 0. The van der Waals surface area contributed by atoms with Crippen molar-refractivity contribution in [3.05, 3.63) is 65.3 Å². The van der Waals surface area contributed by atoms with Crippen molar-refractivity contribution >= 4 is 11.6 Å². The van der Waals surface area contributed by atoms with E-state index in [2.05, 4.69) is 54.7 Å². The van der Waals surface area contributed by atoms with Gasteiger partial charge in [0.2, 0.25) is 0 Å². The molecule has 0 saturated carbocycles. The number of allylic oxidation sites excluding steroid dienone is 1. The van der Waals surface area contributed by atoms with Crippen molar-refractivity contribution in [3.63, 3.8) is 0 Å². The first-order valence-electron chi connectivity index (χ1n) is 5.14. The molecule has 1 heteroatoms. The number of rotatable bonds is 1. The van der Waals surface area contributed by atoms with Gasteiger partial charge in [0.15, 0.2) is 0 Å². The third kappa shape index (κ3) is 1.32. The van der Waals surface area contributed by atoms with E-state index in [9.17, 15) is 0 Å². The number of H-pyrrole nitrogens is 1. The number of hydrogen-bond acceptors (Lipinski definition) is 0. The van der Waals surface area contributed by atoms with Gasteiger partial charge in [0.25, 0.3) is 0 Å². The van der Waals surface area contributed by atoms with Crippen LogP contribution in [0.4, 0.5) is 0 Å². The molecule has 0 unspecified atom stereocenters. The summed E-state index contributed by atoms with van der Waals surface area (Å²) in [4.78, 5) is 3.28. The van der Waals surface area contributed by atoms with Gasteiger partial charge < -0.3 is 4.98 Å². The molecule has 1 aromatic carbocycles. The maximum Gasteiger partial charge on any atom is 0.0449 e. The maximum absolute atomic E-state index is 3.28. The summed E-state index contributed by atoms with van der Waals surface area (Å²) in [5, 5.41) is 0. The van der Waals surface area contributed by atoms with Crippen molar-refractivity contribution in [2.45, 2.75) is 6.92 Å². The van der Waals surface area contributed by atoms with E-state index in [1.165, 1.54) is 28.0 Å². The van der Waals surface area contributed by atoms with Crippen molar-refractivity contribution in [2.24, 2.45) is 0 Å². The predicted octanol–water partition coefficient (Wildman–Crippen LogP) is 3.43. The van der Waals surface area contributed by atoms with E-state index in [-0.39, 0.29) is 0 Å². The number of aromatic amines is 1. The largest absolute Gasteiger partial charge is 0.361 e. The van der Waals surface area contributed by atoms with Gasteiger partial charge in [0.1, 0.15) is 0 Å². The minimum atomic E-state index is 1.23. The van der Waals surface area contributed by atoms with Crippen molar-refractivity contribution < 1.29 is 0 Å². The molecular formula is C14H12N. The first-order valence-corrected chi connectivity index (χ1v) is 5.14. The van der Waals surface area contributed by atoms with Gasteiger partial charge in [-0.2, -0.15) is 0 Å². The van der Waals surface area contributed by atoms with Crippen LogP contribution in [0.1, 0.15) is 22.4 Å². The topological polar surface area (TPSA) is 15.8 Å². The second-order valence-corrected chi connectivity index (χ2v) is 3.91. The van der Waals surface area contributed by atoms with E-state index in [0.29, 0.717) is 0 Å². The Labute approximate surface area is 89.5 Å². The Morgan fingerprint density at radius 1 is 1.00 bits per heavy atom. The van der Waals surface area contributed by atoms with Gasteiger partial charge in [0, 0.05) is 18.3 Å². The molecule has 0 saturated heterocycles.